The van der Waals surface area contributed by atoms with Gasteiger partial charge in [0.15, 0.2) is 0 Å². The largest absolute Gasteiger partial charge is 0.321 e. The van der Waals surface area contributed by atoms with Gasteiger partial charge >= 0.3 is 0 Å². The van der Waals surface area contributed by atoms with Gasteiger partial charge in [0.2, 0.25) is 0 Å². The van der Waals surface area contributed by atoms with Gasteiger partial charge in [-0.05, 0) is 45.6 Å². The fraction of sp³-hybridized carbons (Fsp3) is 0. The number of amides is 1. The first-order chi connectivity index (χ1) is 10.1. The third-order valence-corrected chi connectivity index (χ3v) is 3.67. The minimum absolute atomic E-state index is 0.297. The fourth-order valence-corrected chi connectivity index (χ4v) is 2.44. The van der Waals surface area contributed by atoms with Gasteiger partial charge < -0.3 is 5.32 Å². The second-order valence-corrected chi connectivity index (χ2v) is 5.32. The number of aromatic nitrogens is 1. The predicted octanol–water partition coefficient (Wildman–Crippen LogP) is 4.39. The Balaban J connectivity index is 1.95. The van der Waals surface area contributed by atoms with E-state index in [1.54, 1.807) is 6.20 Å². The minimum atomic E-state index is -0.378. The normalized spacial score (nSPS) is 10.6. The Kier molecular flexibility index (Phi) is 3.66. The van der Waals surface area contributed by atoms with Crippen molar-refractivity contribution in [1.82, 2.24) is 4.98 Å². The zero-order valence-electron chi connectivity index (χ0n) is 10.8. The lowest BCUT2D eigenvalue weighted by atomic mass is 10.1. The quantitative estimate of drug-likeness (QED) is 0.749. The second kappa shape index (κ2) is 5.61. The maximum atomic E-state index is 13.2. The van der Waals surface area contributed by atoms with E-state index in [0.717, 1.165) is 10.8 Å². The van der Waals surface area contributed by atoms with E-state index in [9.17, 15) is 9.18 Å². The van der Waals surface area contributed by atoms with Crippen LogP contribution in [0.1, 0.15) is 10.5 Å². The average Bonchev–Trinajstić information content (AvgIpc) is 2.50. The van der Waals surface area contributed by atoms with Gasteiger partial charge in [0.25, 0.3) is 5.91 Å². The Morgan fingerprint density at radius 1 is 1.14 bits per heavy atom. The van der Waals surface area contributed by atoms with Crippen molar-refractivity contribution in [3.8, 4) is 0 Å². The smallest absolute Gasteiger partial charge is 0.274 e. The minimum Gasteiger partial charge on any atom is -0.321 e. The summed E-state index contributed by atoms with van der Waals surface area (Å²) >= 11 is 3.09. The lowest BCUT2D eigenvalue weighted by Gasteiger charge is -2.07. The first kappa shape index (κ1) is 13.7. The number of fused-ring (bicyclic) bond motifs is 1. The van der Waals surface area contributed by atoms with Crippen LogP contribution in [-0.2, 0) is 0 Å². The number of pyridine rings is 1. The molecule has 1 amide bonds. The van der Waals surface area contributed by atoms with Gasteiger partial charge in [-0.2, -0.15) is 0 Å². The highest BCUT2D eigenvalue weighted by molar-refractivity contribution is 9.10. The van der Waals surface area contributed by atoms with Gasteiger partial charge in [0.05, 0.1) is 4.47 Å². The van der Waals surface area contributed by atoms with Crippen molar-refractivity contribution in [1.29, 1.82) is 0 Å². The summed E-state index contributed by atoms with van der Waals surface area (Å²) in [4.78, 5) is 16.5. The molecule has 3 rings (SSSR count). The fourth-order valence-electron chi connectivity index (χ4n) is 2.06. The van der Waals surface area contributed by atoms with Gasteiger partial charge in [0, 0.05) is 17.3 Å². The van der Waals surface area contributed by atoms with Crippen molar-refractivity contribution in [2.45, 2.75) is 0 Å². The summed E-state index contributed by atoms with van der Waals surface area (Å²) in [5.74, 6) is -0.707. The monoisotopic (exact) mass is 344 g/mol. The first-order valence-corrected chi connectivity index (χ1v) is 7.04. The molecule has 0 saturated carbocycles. The average molecular weight is 345 g/mol. The Bertz CT molecular complexity index is 830. The molecule has 0 radical (unpaired) electrons. The molecule has 104 valence electrons. The van der Waals surface area contributed by atoms with Crippen molar-refractivity contribution in [3.05, 3.63) is 70.7 Å². The van der Waals surface area contributed by atoms with E-state index >= 15 is 0 Å². The van der Waals surface area contributed by atoms with Crippen LogP contribution in [0, 0.1) is 5.82 Å². The van der Waals surface area contributed by atoms with Crippen LogP contribution in [-0.4, -0.2) is 10.9 Å². The Morgan fingerprint density at radius 2 is 1.95 bits per heavy atom. The summed E-state index contributed by atoms with van der Waals surface area (Å²) in [7, 11) is 0. The number of carbonyl (C=O) groups excluding carboxylic acids is 1. The number of carbonyl (C=O) groups is 1. The van der Waals surface area contributed by atoms with E-state index in [4.69, 9.17) is 0 Å². The number of halogens is 2. The molecule has 21 heavy (non-hydrogen) atoms. The number of hydrogen-bond acceptors (Lipinski definition) is 2. The van der Waals surface area contributed by atoms with E-state index < -0.39 is 0 Å². The van der Waals surface area contributed by atoms with E-state index in [0.29, 0.717) is 15.9 Å². The summed E-state index contributed by atoms with van der Waals surface area (Å²) in [6.45, 7) is 0. The Morgan fingerprint density at radius 3 is 2.76 bits per heavy atom. The Labute approximate surface area is 128 Å². The number of nitrogens with one attached hydrogen (secondary N) is 1. The number of anilines is 1. The van der Waals surface area contributed by atoms with Crippen LogP contribution in [0.4, 0.5) is 10.1 Å². The van der Waals surface area contributed by atoms with Crippen LogP contribution >= 0.6 is 15.9 Å². The number of benzene rings is 2. The van der Waals surface area contributed by atoms with Gasteiger partial charge in [-0.1, -0.05) is 24.3 Å². The molecule has 0 spiro atoms. The lowest BCUT2D eigenvalue weighted by Crippen LogP contribution is -2.14. The molecule has 1 N–H and O–H groups in total. The number of hydrogen-bond donors (Lipinski definition) is 1. The van der Waals surface area contributed by atoms with Crippen molar-refractivity contribution in [2.75, 3.05) is 5.32 Å². The summed E-state index contributed by atoms with van der Waals surface area (Å²) in [6.07, 6.45) is 1.60. The van der Waals surface area contributed by atoms with Crippen molar-refractivity contribution in [3.63, 3.8) is 0 Å². The maximum Gasteiger partial charge on any atom is 0.274 e. The highest BCUT2D eigenvalue weighted by Gasteiger charge is 2.12. The molecular weight excluding hydrogens is 335 g/mol. The van der Waals surface area contributed by atoms with Gasteiger partial charge in [-0.15, -0.1) is 0 Å². The lowest BCUT2D eigenvalue weighted by molar-refractivity contribution is 0.102. The standard InChI is InChI=1S/C16H10BrFN2O/c17-13-9-11(5-6-14(13)18)20-16(21)15-12-4-2-1-3-10(12)7-8-19-15/h1-9H,(H,20,21). The molecule has 0 saturated heterocycles. The molecule has 0 bridgehead atoms. The van der Waals surface area contributed by atoms with Crippen molar-refractivity contribution < 1.29 is 9.18 Å². The van der Waals surface area contributed by atoms with Crippen LogP contribution in [0.2, 0.25) is 0 Å². The van der Waals surface area contributed by atoms with Gasteiger partial charge in [0.1, 0.15) is 11.5 Å². The Hall–Kier alpha value is -2.27. The predicted molar refractivity (Wildman–Crippen MR) is 83.8 cm³/mol. The maximum absolute atomic E-state index is 13.2. The summed E-state index contributed by atoms with van der Waals surface area (Å²) in [6, 6.07) is 13.7. The zero-order chi connectivity index (χ0) is 14.8. The molecule has 3 nitrogen and oxygen atoms in total. The van der Waals surface area contributed by atoms with E-state index in [-0.39, 0.29) is 11.7 Å². The highest BCUT2D eigenvalue weighted by Crippen LogP contribution is 2.22. The van der Waals surface area contributed by atoms with Gasteiger partial charge in [-0.3, -0.25) is 9.78 Å². The summed E-state index contributed by atoms with van der Waals surface area (Å²) in [5, 5.41) is 4.44. The topological polar surface area (TPSA) is 42.0 Å². The first-order valence-electron chi connectivity index (χ1n) is 6.25. The second-order valence-electron chi connectivity index (χ2n) is 4.46. The highest BCUT2D eigenvalue weighted by atomic mass is 79.9. The number of nitrogens with zero attached hydrogens (tertiary/aromatic N) is 1. The van der Waals surface area contributed by atoms with E-state index in [1.165, 1.54) is 18.2 Å². The molecule has 0 atom stereocenters. The zero-order valence-corrected chi connectivity index (χ0v) is 12.4. The van der Waals surface area contributed by atoms with Gasteiger partial charge in [-0.25, -0.2) is 4.39 Å². The van der Waals surface area contributed by atoms with Crippen LogP contribution in [0.3, 0.4) is 0 Å². The third-order valence-electron chi connectivity index (χ3n) is 3.07. The van der Waals surface area contributed by atoms with Crippen molar-refractivity contribution >= 4 is 38.3 Å². The van der Waals surface area contributed by atoms with E-state index in [2.05, 4.69) is 26.2 Å². The SMILES string of the molecule is O=C(Nc1ccc(F)c(Br)c1)c1nccc2ccccc12. The number of rotatable bonds is 2. The molecular formula is C16H10BrFN2O. The molecule has 3 aromatic rings. The molecule has 0 unspecified atom stereocenters. The summed E-state index contributed by atoms with van der Waals surface area (Å²) in [5.41, 5.74) is 0.844. The molecule has 0 aliphatic heterocycles. The molecule has 1 heterocycles. The molecule has 5 heteroatoms. The molecule has 0 aliphatic carbocycles. The van der Waals surface area contributed by atoms with Crippen LogP contribution in [0.15, 0.2) is 59.2 Å². The van der Waals surface area contributed by atoms with Crippen LogP contribution < -0.4 is 5.32 Å². The molecule has 1 aromatic heterocycles. The van der Waals surface area contributed by atoms with Crippen LogP contribution in [0.5, 0.6) is 0 Å². The molecule has 2 aromatic carbocycles. The molecule has 0 fully saturated rings. The molecule has 0 aliphatic rings. The third kappa shape index (κ3) is 2.78. The van der Waals surface area contributed by atoms with Crippen molar-refractivity contribution in [2.24, 2.45) is 0 Å². The van der Waals surface area contributed by atoms with E-state index in [1.807, 2.05) is 30.3 Å². The van der Waals surface area contributed by atoms with Crippen LogP contribution in [0.25, 0.3) is 10.8 Å². The summed E-state index contributed by atoms with van der Waals surface area (Å²) < 4.78 is 13.5.